The first kappa shape index (κ1) is 23.0. The second kappa shape index (κ2) is 10.2. The van der Waals surface area contributed by atoms with Crippen molar-refractivity contribution in [2.75, 3.05) is 19.0 Å². The predicted octanol–water partition coefficient (Wildman–Crippen LogP) is 4.24. The van der Waals surface area contributed by atoms with Gasteiger partial charge in [0.2, 0.25) is 5.91 Å². The maximum absolute atomic E-state index is 11.9. The Morgan fingerprint density at radius 3 is 2.53 bits per heavy atom. The molecule has 0 radical (unpaired) electrons. The van der Waals surface area contributed by atoms with Crippen molar-refractivity contribution >= 4 is 17.6 Å². The Hall–Kier alpha value is -4.17. The highest BCUT2D eigenvalue weighted by molar-refractivity contribution is 5.92. The van der Waals surface area contributed by atoms with Gasteiger partial charge in [-0.3, -0.25) is 9.59 Å². The quantitative estimate of drug-likeness (QED) is 0.391. The van der Waals surface area contributed by atoms with Crippen molar-refractivity contribution in [3.05, 3.63) is 84.6 Å². The lowest BCUT2D eigenvalue weighted by Gasteiger charge is -2.17. The number of aryl methyl sites for hydroxylation is 2. The Morgan fingerprint density at radius 2 is 1.88 bits per heavy atom. The van der Waals surface area contributed by atoms with Gasteiger partial charge < -0.3 is 24.3 Å². The smallest absolute Gasteiger partial charge is 0.303 e. The first-order chi connectivity index (χ1) is 16.5. The zero-order valence-corrected chi connectivity index (χ0v) is 19.1. The molecule has 2 aromatic heterocycles. The number of nitrogens with zero attached hydrogens (tertiary/aromatic N) is 3. The third-order valence-corrected chi connectivity index (χ3v) is 5.52. The van der Waals surface area contributed by atoms with Gasteiger partial charge >= 0.3 is 5.97 Å². The van der Waals surface area contributed by atoms with Crippen LogP contribution in [0.3, 0.4) is 0 Å². The molecule has 2 heterocycles. The maximum atomic E-state index is 11.9. The standard InChI is InChI=1S/C26H26N4O4/c1-18-15-20(28-25(31)16-34-2)5-10-23(18)30-22(9-12-26(32)33)8-11-24(30)19-3-6-21(7-4-19)29-14-13-27-17-29/h3-8,10-11,13-15,17H,9,12,16H2,1-2H3,(H,28,31)(H,32,33). The van der Waals surface area contributed by atoms with E-state index in [1.807, 2.05) is 72.3 Å². The Kier molecular flexibility index (Phi) is 6.89. The number of nitrogens with one attached hydrogen (secondary N) is 1. The van der Waals surface area contributed by atoms with E-state index in [0.29, 0.717) is 12.1 Å². The van der Waals surface area contributed by atoms with Gasteiger partial charge in [0.15, 0.2) is 0 Å². The van der Waals surface area contributed by atoms with Crippen LogP contribution < -0.4 is 5.32 Å². The van der Waals surface area contributed by atoms with E-state index in [1.165, 1.54) is 7.11 Å². The number of carboxylic acid groups (broad SMARTS) is 1. The summed E-state index contributed by atoms with van der Waals surface area (Å²) in [6.07, 6.45) is 5.80. The molecule has 8 nitrogen and oxygen atoms in total. The molecule has 174 valence electrons. The lowest BCUT2D eigenvalue weighted by Crippen LogP contribution is -2.17. The van der Waals surface area contributed by atoms with Crippen LogP contribution in [0.5, 0.6) is 0 Å². The van der Waals surface area contributed by atoms with Gasteiger partial charge in [0.1, 0.15) is 6.61 Å². The minimum atomic E-state index is -0.841. The summed E-state index contributed by atoms with van der Waals surface area (Å²) in [6.45, 7) is 1.95. The van der Waals surface area contributed by atoms with Gasteiger partial charge in [0, 0.05) is 42.3 Å². The summed E-state index contributed by atoms with van der Waals surface area (Å²) in [6, 6.07) is 17.8. The van der Waals surface area contributed by atoms with Gasteiger partial charge in [0.05, 0.1) is 18.4 Å². The normalized spacial score (nSPS) is 10.9. The molecule has 2 aromatic carbocycles. The van der Waals surface area contributed by atoms with E-state index in [0.717, 1.165) is 33.9 Å². The van der Waals surface area contributed by atoms with Crippen molar-refractivity contribution < 1.29 is 19.4 Å². The monoisotopic (exact) mass is 458 g/mol. The third-order valence-electron chi connectivity index (χ3n) is 5.52. The van der Waals surface area contributed by atoms with E-state index < -0.39 is 5.97 Å². The number of ether oxygens (including phenoxy) is 1. The van der Waals surface area contributed by atoms with Crippen molar-refractivity contribution in [2.45, 2.75) is 19.8 Å². The molecular formula is C26H26N4O4. The van der Waals surface area contributed by atoms with Crippen molar-refractivity contribution in [3.8, 4) is 22.6 Å². The van der Waals surface area contributed by atoms with Crippen LogP contribution >= 0.6 is 0 Å². The highest BCUT2D eigenvalue weighted by atomic mass is 16.5. The molecule has 4 rings (SSSR count). The largest absolute Gasteiger partial charge is 0.481 e. The molecule has 0 aliphatic carbocycles. The van der Waals surface area contributed by atoms with E-state index in [-0.39, 0.29) is 18.9 Å². The topological polar surface area (TPSA) is 98.4 Å². The highest BCUT2D eigenvalue weighted by Gasteiger charge is 2.16. The number of methoxy groups -OCH3 is 1. The van der Waals surface area contributed by atoms with Gasteiger partial charge in [-0.25, -0.2) is 4.98 Å². The molecule has 8 heteroatoms. The van der Waals surface area contributed by atoms with Crippen LogP contribution in [0.25, 0.3) is 22.6 Å². The summed E-state index contributed by atoms with van der Waals surface area (Å²) in [5, 5.41) is 12.1. The van der Waals surface area contributed by atoms with Gasteiger partial charge in [-0.05, 0) is 66.9 Å². The van der Waals surface area contributed by atoms with Crippen LogP contribution in [0, 0.1) is 6.92 Å². The average Bonchev–Trinajstić information content (AvgIpc) is 3.49. The van der Waals surface area contributed by atoms with Gasteiger partial charge in [0.25, 0.3) is 0 Å². The van der Waals surface area contributed by atoms with E-state index in [2.05, 4.69) is 14.9 Å². The molecule has 0 saturated heterocycles. The molecule has 0 atom stereocenters. The number of rotatable bonds is 9. The second-order valence-electron chi connectivity index (χ2n) is 7.94. The van der Waals surface area contributed by atoms with Crippen molar-refractivity contribution in [2.24, 2.45) is 0 Å². The number of hydrogen-bond donors (Lipinski definition) is 2. The van der Waals surface area contributed by atoms with Gasteiger partial charge in [-0.15, -0.1) is 0 Å². The summed E-state index contributed by atoms with van der Waals surface area (Å²) >= 11 is 0. The van der Waals surface area contributed by atoms with E-state index in [4.69, 9.17) is 4.74 Å². The molecular weight excluding hydrogens is 432 g/mol. The fraction of sp³-hybridized carbons (Fsp3) is 0.192. The Morgan fingerprint density at radius 1 is 1.09 bits per heavy atom. The van der Waals surface area contributed by atoms with Crippen LogP contribution in [0.15, 0.2) is 73.3 Å². The second-order valence-corrected chi connectivity index (χ2v) is 7.94. The summed E-state index contributed by atoms with van der Waals surface area (Å²) in [5.74, 6) is -1.07. The first-order valence-electron chi connectivity index (χ1n) is 10.9. The maximum Gasteiger partial charge on any atom is 0.303 e. The summed E-state index contributed by atoms with van der Waals surface area (Å²) < 4.78 is 8.90. The van der Waals surface area contributed by atoms with E-state index in [9.17, 15) is 14.7 Å². The lowest BCUT2D eigenvalue weighted by molar-refractivity contribution is -0.137. The van der Waals surface area contributed by atoms with Crippen molar-refractivity contribution in [3.63, 3.8) is 0 Å². The van der Waals surface area contributed by atoms with Crippen LogP contribution in [-0.2, 0) is 20.7 Å². The van der Waals surface area contributed by atoms with Crippen LogP contribution in [-0.4, -0.2) is 44.8 Å². The third kappa shape index (κ3) is 5.07. The molecule has 4 aromatic rings. The van der Waals surface area contributed by atoms with Crippen molar-refractivity contribution in [1.82, 2.24) is 14.1 Å². The van der Waals surface area contributed by atoms with Crippen LogP contribution in [0.2, 0.25) is 0 Å². The molecule has 0 spiro atoms. The van der Waals surface area contributed by atoms with Crippen LogP contribution in [0.1, 0.15) is 17.7 Å². The molecule has 34 heavy (non-hydrogen) atoms. The molecule has 0 aliphatic rings. The number of carboxylic acids is 1. The zero-order valence-electron chi connectivity index (χ0n) is 19.1. The molecule has 0 saturated carbocycles. The Bertz CT molecular complexity index is 1290. The molecule has 0 unspecified atom stereocenters. The number of carbonyl (C=O) groups excluding carboxylic acids is 1. The average molecular weight is 459 g/mol. The fourth-order valence-corrected chi connectivity index (χ4v) is 3.95. The number of aliphatic carboxylic acids is 1. The zero-order chi connectivity index (χ0) is 24.1. The van der Waals surface area contributed by atoms with E-state index >= 15 is 0 Å². The molecule has 0 aliphatic heterocycles. The first-order valence-corrected chi connectivity index (χ1v) is 10.9. The minimum Gasteiger partial charge on any atom is -0.481 e. The molecule has 1 amide bonds. The Labute approximate surface area is 197 Å². The lowest BCUT2D eigenvalue weighted by atomic mass is 10.1. The number of anilines is 1. The highest BCUT2D eigenvalue weighted by Crippen LogP contribution is 2.31. The number of imidazole rings is 1. The summed E-state index contributed by atoms with van der Waals surface area (Å²) in [4.78, 5) is 27.2. The number of benzene rings is 2. The van der Waals surface area contributed by atoms with Gasteiger partial charge in [-0.1, -0.05) is 12.1 Å². The fourth-order valence-electron chi connectivity index (χ4n) is 3.95. The number of aromatic nitrogens is 3. The predicted molar refractivity (Wildman–Crippen MR) is 130 cm³/mol. The Balaban J connectivity index is 1.72. The number of amides is 1. The number of carbonyl (C=O) groups is 2. The molecule has 0 bridgehead atoms. The van der Waals surface area contributed by atoms with E-state index in [1.54, 1.807) is 12.5 Å². The van der Waals surface area contributed by atoms with Crippen molar-refractivity contribution in [1.29, 1.82) is 0 Å². The SMILES string of the molecule is COCC(=O)Nc1ccc(-n2c(CCC(=O)O)ccc2-c2ccc(-n3ccnc3)cc2)c(C)c1. The van der Waals surface area contributed by atoms with Gasteiger partial charge in [-0.2, -0.15) is 0 Å². The summed E-state index contributed by atoms with van der Waals surface area (Å²) in [7, 11) is 1.47. The summed E-state index contributed by atoms with van der Waals surface area (Å²) in [5.41, 5.74) is 6.39. The molecule has 2 N–H and O–H groups in total. The number of hydrogen-bond acceptors (Lipinski definition) is 4. The molecule has 0 fully saturated rings. The van der Waals surface area contributed by atoms with Crippen LogP contribution in [0.4, 0.5) is 5.69 Å². The minimum absolute atomic E-state index is 0.0169.